The second-order valence-corrected chi connectivity index (χ2v) is 12.8. The van der Waals surface area contributed by atoms with Crippen molar-refractivity contribution in [1.29, 1.82) is 0 Å². The van der Waals surface area contributed by atoms with Gasteiger partial charge in [-0.1, -0.05) is 24.8 Å². The summed E-state index contributed by atoms with van der Waals surface area (Å²) in [6.07, 6.45) is 10.4. The highest BCUT2D eigenvalue weighted by molar-refractivity contribution is 6.03. The minimum Gasteiger partial charge on any atom is -0.508 e. The number of phenolic OH excluding ortho intramolecular Hbond substituents is 1. The van der Waals surface area contributed by atoms with E-state index in [1.54, 1.807) is 6.92 Å². The third-order valence-electron chi connectivity index (χ3n) is 10.00. The predicted octanol–water partition coefficient (Wildman–Crippen LogP) is 5.23. The van der Waals surface area contributed by atoms with Crippen LogP contribution in [0, 0.1) is 25.1 Å². The van der Waals surface area contributed by atoms with Crippen molar-refractivity contribution in [1.82, 2.24) is 14.9 Å². The summed E-state index contributed by atoms with van der Waals surface area (Å²) in [5, 5.41) is 21.9. The molecule has 3 aliphatic rings. The van der Waals surface area contributed by atoms with Crippen LogP contribution in [-0.4, -0.2) is 75.7 Å². The molecule has 4 aromatic rings. The molecule has 240 valence electrons. The lowest BCUT2D eigenvalue weighted by atomic mass is 9.95. The molecule has 7 rings (SSSR count). The molecule has 3 saturated heterocycles. The van der Waals surface area contributed by atoms with Crippen LogP contribution in [0.25, 0.3) is 33.0 Å². The number of benzene rings is 2. The van der Waals surface area contributed by atoms with Crippen molar-refractivity contribution < 1.29 is 28.1 Å². The number of aliphatic hydroxyl groups is 1. The summed E-state index contributed by atoms with van der Waals surface area (Å²) in [7, 11) is 0. The number of aliphatic hydroxyl groups excluding tert-OH is 1. The van der Waals surface area contributed by atoms with E-state index in [0.717, 1.165) is 38.6 Å². The fourth-order valence-corrected chi connectivity index (χ4v) is 7.78. The molecule has 2 aromatic carbocycles. The highest BCUT2D eigenvalue weighted by atomic mass is 19.1. The Balaban J connectivity index is 1.44. The smallest absolute Gasteiger partial charge is 0.349 e. The third kappa shape index (κ3) is 5.04. The molecular weight excluding hydrogens is 594 g/mol. The Hall–Kier alpha value is -4.27. The number of halogens is 2. The third-order valence-corrected chi connectivity index (χ3v) is 10.00. The molecule has 5 heterocycles. The fourth-order valence-electron chi connectivity index (χ4n) is 7.78. The summed E-state index contributed by atoms with van der Waals surface area (Å²) in [4.78, 5) is 27.5. The summed E-state index contributed by atoms with van der Waals surface area (Å²) in [5.74, 6) is 2.03. The van der Waals surface area contributed by atoms with Crippen LogP contribution in [0.5, 0.6) is 11.8 Å². The molecule has 46 heavy (non-hydrogen) atoms. The standard InChI is InChI=1S/C35H36F2N4O5/c1-3-25-27(37)10-9-21-14-24(43)15-26(28(21)25)31-20(2)30-29(33(44)46-31)32(41-13-6-4-5-8-23(41)18-42)39-34(38-30)45-19-35-11-7-12-40(35)17-22(36)16-35/h1,9-10,14-15,22-23,42-43H,4-8,11-13,16-19H2,2H3/t22-,23?,35+/m1/s1. The van der Waals surface area contributed by atoms with Crippen molar-refractivity contribution in [3.05, 3.63) is 51.6 Å². The van der Waals surface area contributed by atoms with Crippen molar-refractivity contribution in [3.63, 3.8) is 0 Å². The van der Waals surface area contributed by atoms with Gasteiger partial charge in [0.1, 0.15) is 35.5 Å². The minimum atomic E-state index is -0.927. The number of terminal acetylenes is 1. The molecule has 0 saturated carbocycles. The SMILES string of the molecule is C#Cc1c(F)ccc2cc(O)cc(-c3oc(=O)c4c(N5CCCCCC5CO)nc(OC[C@@]56CCCN5C[C@H](F)C6)nc4c3C)c12. The summed E-state index contributed by atoms with van der Waals surface area (Å²) >= 11 is 0. The van der Waals surface area contributed by atoms with E-state index in [-0.39, 0.29) is 58.8 Å². The number of hydrogen-bond acceptors (Lipinski definition) is 9. The number of hydrogen-bond donors (Lipinski definition) is 2. The highest BCUT2D eigenvalue weighted by Gasteiger charge is 2.49. The van der Waals surface area contributed by atoms with E-state index in [1.807, 2.05) is 4.90 Å². The number of aryl methyl sites for hydroxylation is 1. The topological polar surface area (TPSA) is 112 Å². The quantitative estimate of drug-likeness (QED) is 0.277. The summed E-state index contributed by atoms with van der Waals surface area (Å²) in [6.45, 7) is 3.52. The molecule has 2 aromatic heterocycles. The molecule has 0 amide bonds. The van der Waals surface area contributed by atoms with E-state index < -0.39 is 23.2 Å². The first-order chi connectivity index (χ1) is 22.2. The Bertz CT molecular complexity index is 1940. The molecule has 3 fully saturated rings. The normalized spacial score (nSPS) is 23.5. The van der Waals surface area contributed by atoms with Gasteiger partial charge in [-0.15, -0.1) is 6.42 Å². The summed E-state index contributed by atoms with van der Waals surface area (Å²) < 4.78 is 41.7. The molecule has 0 aliphatic carbocycles. The van der Waals surface area contributed by atoms with E-state index >= 15 is 0 Å². The van der Waals surface area contributed by atoms with Crippen LogP contribution >= 0.6 is 0 Å². The monoisotopic (exact) mass is 630 g/mol. The molecule has 0 bridgehead atoms. The molecule has 9 nitrogen and oxygen atoms in total. The predicted molar refractivity (Wildman–Crippen MR) is 171 cm³/mol. The Kier molecular flexibility index (Phi) is 7.81. The first kappa shape index (κ1) is 30.4. The molecule has 3 aliphatic heterocycles. The van der Waals surface area contributed by atoms with E-state index in [9.17, 15) is 23.8 Å². The molecular formula is C35H36F2N4O5. The lowest BCUT2D eigenvalue weighted by Gasteiger charge is -2.32. The van der Waals surface area contributed by atoms with Crippen LogP contribution in [0.4, 0.5) is 14.6 Å². The summed E-state index contributed by atoms with van der Waals surface area (Å²) in [5.41, 5.74) is -0.267. The zero-order chi connectivity index (χ0) is 32.2. The van der Waals surface area contributed by atoms with Crippen LogP contribution in [-0.2, 0) is 0 Å². The van der Waals surface area contributed by atoms with Crippen LogP contribution in [0.1, 0.15) is 56.1 Å². The minimum absolute atomic E-state index is 0.0273. The van der Waals surface area contributed by atoms with Crippen LogP contribution < -0.4 is 15.3 Å². The molecule has 0 spiro atoms. The lowest BCUT2D eigenvalue weighted by molar-refractivity contribution is 0.107. The van der Waals surface area contributed by atoms with E-state index in [2.05, 4.69) is 10.8 Å². The molecule has 0 radical (unpaired) electrons. The lowest BCUT2D eigenvalue weighted by Crippen LogP contribution is -2.43. The number of alkyl halides is 1. The molecule has 1 unspecified atom stereocenters. The zero-order valence-electron chi connectivity index (χ0n) is 25.7. The first-order valence-corrected chi connectivity index (χ1v) is 15.9. The van der Waals surface area contributed by atoms with E-state index in [0.29, 0.717) is 48.1 Å². The van der Waals surface area contributed by atoms with Gasteiger partial charge in [-0.25, -0.2) is 13.6 Å². The molecule has 3 atom stereocenters. The number of phenols is 1. The van der Waals surface area contributed by atoms with E-state index in [1.165, 1.54) is 24.3 Å². The maximum absolute atomic E-state index is 14.9. The van der Waals surface area contributed by atoms with Gasteiger partial charge in [-0.3, -0.25) is 4.90 Å². The number of anilines is 1. The van der Waals surface area contributed by atoms with Crippen molar-refractivity contribution in [3.8, 4) is 35.4 Å². The van der Waals surface area contributed by atoms with Gasteiger partial charge in [0.25, 0.3) is 0 Å². The highest BCUT2D eigenvalue weighted by Crippen LogP contribution is 2.42. The Labute approximate surface area is 264 Å². The zero-order valence-corrected chi connectivity index (χ0v) is 25.7. The number of fused-ring (bicyclic) bond motifs is 3. The fraction of sp³-hybridized carbons (Fsp3) is 0.457. The van der Waals surface area contributed by atoms with Crippen molar-refractivity contribution in [2.75, 3.05) is 37.7 Å². The first-order valence-electron chi connectivity index (χ1n) is 15.9. The maximum atomic E-state index is 14.9. The van der Waals surface area contributed by atoms with Gasteiger partial charge < -0.3 is 24.3 Å². The van der Waals surface area contributed by atoms with Gasteiger partial charge in [-0.2, -0.15) is 9.97 Å². The van der Waals surface area contributed by atoms with Crippen LogP contribution in [0.2, 0.25) is 0 Å². The number of aromatic hydroxyl groups is 1. The molecule has 2 N–H and O–H groups in total. The average Bonchev–Trinajstić information content (AvgIpc) is 3.45. The van der Waals surface area contributed by atoms with Crippen molar-refractivity contribution in [2.45, 2.75) is 69.6 Å². The van der Waals surface area contributed by atoms with Crippen LogP contribution in [0.15, 0.2) is 33.5 Å². The maximum Gasteiger partial charge on any atom is 0.349 e. The Morgan fingerprint density at radius 3 is 2.83 bits per heavy atom. The number of ether oxygens (including phenoxy) is 1. The molecule has 11 heteroatoms. The van der Waals surface area contributed by atoms with Crippen molar-refractivity contribution >= 4 is 27.5 Å². The van der Waals surface area contributed by atoms with Gasteiger partial charge in [0.05, 0.1) is 29.3 Å². The van der Waals surface area contributed by atoms with Gasteiger partial charge in [0, 0.05) is 36.0 Å². The number of aromatic nitrogens is 2. The Morgan fingerprint density at radius 1 is 1.17 bits per heavy atom. The summed E-state index contributed by atoms with van der Waals surface area (Å²) in [6, 6.07) is 5.33. The van der Waals surface area contributed by atoms with Gasteiger partial charge in [0.15, 0.2) is 5.82 Å². The van der Waals surface area contributed by atoms with Crippen LogP contribution in [0.3, 0.4) is 0 Å². The Morgan fingerprint density at radius 2 is 2.02 bits per heavy atom. The average molecular weight is 631 g/mol. The van der Waals surface area contributed by atoms with Gasteiger partial charge >= 0.3 is 11.6 Å². The largest absolute Gasteiger partial charge is 0.508 e. The van der Waals surface area contributed by atoms with E-state index in [4.69, 9.17) is 25.5 Å². The number of nitrogens with zero attached hydrogens (tertiary/aromatic N) is 4. The number of rotatable bonds is 6. The van der Waals surface area contributed by atoms with Gasteiger partial charge in [0.2, 0.25) is 0 Å². The van der Waals surface area contributed by atoms with Crippen molar-refractivity contribution in [2.24, 2.45) is 0 Å². The second-order valence-electron chi connectivity index (χ2n) is 12.8. The van der Waals surface area contributed by atoms with Gasteiger partial charge in [-0.05, 0) is 62.7 Å². The second kappa shape index (κ2) is 11.8.